The molecule has 8 heteroatoms. The van der Waals surface area contributed by atoms with Gasteiger partial charge in [-0.1, -0.05) is 6.07 Å². The number of thiophene rings is 1. The van der Waals surface area contributed by atoms with Crippen LogP contribution in [0.3, 0.4) is 0 Å². The van der Waals surface area contributed by atoms with Crippen LogP contribution in [0, 0.1) is 0 Å². The lowest BCUT2D eigenvalue weighted by Gasteiger charge is -2.23. The minimum Gasteiger partial charge on any atom is -0.497 e. The zero-order chi connectivity index (χ0) is 19.4. The van der Waals surface area contributed by atoms with Gasteiger partial charge in [-0.3, -0.25) is 9.59 Å². The quantitative estimate of drug-likeness (QED) is 0.786. The number of benzene rings is 1. The van der Waals surface area contributed by atoms with Gasteiger partial charge < -0.3 is 14.6 Å². The zero-order valence-electron chi connectivity index (χ0n) is 15.0. The first kappa shape index (κ1) is 18.9. The smallest absolute Gasteiger partial charge is 0.303 e. The minimum absolute atomic E-state index is 0.106. The lowest BCUT2D eigenvalue weighted by molar-refractivity contribution is -0.141. The van der Waals surface area contributed by atoms with Crippen LogP contribution in [-0.4, -0.2) is 41.9 Å². The molecule has 1 aromatic heterocycles. The first-order chi connectivity index (χ1) is 13.0. The van der Waals surface area contributed by atoms with Crippen molar-refractivity contribution in [3.8, 4) is 11.5 Å². The fraction of sp³-hybridized carbons (Fsp3) is 0.316. The molecule has 0 radical (unpaired) electrons. The molecule has 2 heterocycles. The van der Waals surface area contributed by atoms with Crippen LogP contribution in [0.25, 0.3) is 0 Å². The maximum absolute atomic E-state index is 12.7. The van der Waals surface area contributed by atoms with Crippen molar-refractivity contribution in [3.05, 3.63) is 46.2 Å². The van der Waals surface area contributed by atoms with Crippen molar-refractivity contribution in [1.82, 2.24) is 5.01 Å². The molecule has 1 aliphatic heterocycles. The molecule has 1 N–H and O–H groups in total. The molecule has 7 nitrogen and oxygen atoms in total. The van der Waals surface area contributed by atoms with Gasteiger partial charge in [0.1, 0.15) is 11.5 Å². The molecule has 1 amide bonds. The first-order valence-electron chi connectivity index (χ1n) is 8.40. The van der Waals surface area contributed by atoms with Crippen LogP contribution in [0.4, 0.5) is 0 Å². The molecule has 2 aromatic rings. The van der Waals surface area contributed by atoms with E-state index >= 15 is 0 Å². The van der Waals surface area contributed by atoms with Crippen LogP contribution in [0.15, 0.2) is 40.8 Å². The van der Waals surface area contributed by atoms with Crippen LogP contribution in [-0.2, 0) is 9.59 Å². The summed E-state index contributed by atoms with van der Waals surface area (Å²) in [4.78, 5) is 24.5. The Labute approximate surface area is 160 Å². The Morgan fingerprint density at radius 1 is 1.26 bits per heavy atom. The van der Waals surface area contributed by atoms with Crippen molar-refractivity contribution < 1.29 is 24.2 Å². The van der Waals surface area contributed by atoms with Crippen molar-refractivity contribution in [2.45, 2.75) is 25.3 Å². The van der Waals surface area contributed by atoms with Gasteiger partial charge in [-0.05, 0) is 23.6 Å². The van der Waals surface area contributed by atoms with Crippen LogP contribution < -0.4 is 9.47 Å². The number of carbonyl (C=O) groups excluding carboxylic acids is 1. The summed E-state index contributed by atoms with van der Waals surface area (Å²) in [6.45, 7) is 0. The average Bonchev–Trinajstić information content (AvgIpc) is 3.35. The van der Waals surface area contributed by atoms with Gasteiger partial charge in [-0.25, -0.2) is 5.01 Å². The van der Waals surface area contributed by atoms with E-state index in [1.807, 2.05) is 23.6 Å². The fourth-order valence-electron chi connectivity index (χ4n) is 3.00. The molecular weight excluding hydrogens is 368 g/mol. The van der Waals surface area contributed by atoms with Gasteiger partial charge in [-0.2, -0.15) is 5.10 Å². The van der Waals surface area contributed by atoms with E-state index in [0.29, 0.717) is 17.9 Å². The molecule has 0 fully saturated rings. The Hall–Kier alpha value is -2.87. The Balaban J connectivity index is 1.94. The fourth-order valence-corrected chi connectivity index (χ4v) is 3.72. The lowest BCUT2D eigenvalue weighted by atomic mass is 9.99. The van der Waals surface area contributed by atoms with E-state index in [0.717, 1.165) is 16.2 Å². The van der Waals surface area contributed by atoms with E-state index in [-0.39, 0.29) is 24.8 Å². The molecule has 0 spiro atoms. The van der Waals surface area contributed by atoms with Crippen molar-refractivity contribution in [2.24, 2.45) is 5.10 Å². The highest BCUT2D eigenvalue weighted by molar-refractivity contribution is 7.12. The van der Waals surface area contributed by atoms with Gasteiger partial charge in [0.2, 0.25) is 5.91 Å². The molecule has 27 heavy (non-hydrogen) atoms. The van der Waals surface area contributed by atoms with E-state index in [2.05, 4.69) is 5.10 Å². The second-order valence-corrected chi connectivity index (χ2v) is 6.93. The van der Waals surface area contributed by atoms with E-state index in [9.17, 15) is 9.59 Å². The molecule has 0 aliphatic carbocycles. The van der Waals surface area contributed by atoms with Crippen LogP contribution >= 0.6 is 11.3 Å². The maximum Gasteiger partial charge on any atom is 0.303 e. The summed E-state index contributed by atoms with van der Waals surface area (Å²) in [6.07, 6.45) is 0.194. The summed E-state index contributed by atoms with van der Waals surface area (Å²) in [6, 6.07) is 8.95. The monoisotopic (exact) mass is 388 g/mol. The number of rotatable bonds is 7. The van der Waals surface area contributed by atoms with E-state index in [4.69, 9.17) is 14.6 Å². The van der Waals surface area contributed by atoms with Crippen LogP contribution in [0.1, 0.15) is 35.7 Å². The number of methoxy groups -OCH3 is 2. The molecule has 1 atom stereocenters. The minimum atomic E-state index is -1.01. The summed E-state index contributed by atoms with van der Waals surface area (Å²) in [7, 11) is 3.13. The van der Waals surface area contributed by atoms with Crippen LogP contribution in [0.2, 0.25) is 0 Å². The van der Waals surface area contributed by atoms with Crippen molar-refractivity contribution in [1.29, 1.82) is 0 Å². The second-order valence-electron chi connectivity index (χ2n) is 5.98. The standard InChI is InChI=1S/C19H20N2O5S/c1-25-12-5-6-13(16(10-12)26-2)15-11-14(17-4-3-9-27-17)20-21(15)18(22)7-8-19(23)24/h3-6,9-10,15H,7-8,11H2,1-2H3,(H,23,24)/t15-/m0/s1. The average molecular weight is 388 g/mol. The highest BCUT2D eigenvalue weighted by atomic mass is 32.1. The lowest BCUT2D eigenvalue weighted by Crippen LogP contribution is -2.27. The number of hydrogen-bond acceptors (Lipinski definition) is 6. The van der Waals surface area contributed by atoms with Crippen molar-refractivity contribution in [3.63, 3.8) is 0 Å². The van der Waals surface area contributed by atoms with Gasteiger partial charge in [0.25, 0.3) is 0 Å². The third kappa shape index (κ3) is 4.11. The number of nitrogens with zero attached hydrogens (tertiary/aromatic N) is 2. The van der Waals surface area contributed by atoms with Gasteiger partial charge >= 0.3 is 5.97 Å². The SMILES string of the molecule is COc1ccc([C@@H]2CC(c3cccs3)=NN2C(=O)CCC(=O)O)c(OC)c1. The number of carbonyl (C=O) groups is 2. The van der Waals surface area contributed by atoms with E-state index in [1.54, 1.807) is 37.7 Å². The largest absolute Gasteiger partial charge is 0.497 e. The maximum atomic E-state index is 12.7. The normalized spacial score (nSPS) is 16.1. The van der Waals surface area contributed by atoms with Gasteiger partial charge in [0.15, 0.2) is 0 Å². The number of carboxylic acid groups (broad SMARTS) is 1. The second kappa shape index (κ2) is 8.22. The number of ether oxygens (including phenoxy) is 2. The summed E-state index contributed by atoms with van der Waals surface area (Å²) in [5.41, 5.74) is 1.61. The Morgan fingerprint density at radius 3 is 2.70 bits per heavy atom. The number of hydrazone groups is 1. The number of aliphatic carboxylic acids is 1. The Morgan fingerprint density at radius 2 is 2.07 bits per heavy atom. The van der Waals surface area contributed by atoms with E-state index < -0.39 is 5.97 Å². The van der Waals surface area contributed by atoms with Crippen LogP contribution in [0.5, 0.6) is 11.5 Å². The zero-order valence-corrected chi connectivity index (χ0v) is 15.9. The third-order valence-corrected chi connectivity index (χ3v) is 5.24. The number of carboxylic acids is 1. The molecule has 1 aromatic carbocycles. The Bertz CT molecular complexity index is 863. The van der Waals surface area contributed by atoms with Gasteiger partial charge in [0, 0.05) is 24.5 Å². The Kier molecular flexibility index (Phi) is 5.75. The summed E-state index contributed by atoms with van der Waals surface area (Å²) >= 11 is 1.55. The molecule has 0 saturated carbocycles. The predicted molar refractivity (Wildman–Crippen MR) is 101 cm³/mol. The van der Waals surface area contributed by atoms with Crippen molar-refractivity contribution in [2.75, 3.05) is 14.2 Å². The molecule has 3 rings (SSSR count). The topological polar surface area (TPSA) is 88.4 Å². The van der Waals surface area contributed by atoms with Gasteiger partial charge in [0.05, 0.1) is 37.3 Å². The molecule has 0 unspecified atom stereocenters. The van der Waals surface area contributed by atoms with E-state index in [1.165, 1.54) is 5.01 Å². The summed E-state index contributed by atoms with van der Waals surface area (Å²) in [5, 5.41) is 16.8. The summed E-state index contributed by atoms with van der Waals surface area (Å²) in [5.74, 6) is -0.0924. The highest BCUT2D eigenvalue weighted by Crippen LogP contribution is 2.39. The molecule has 1 aliphatic rings. The highest BCUT2D eigenvalue weighted by Gasteiger charge is 2.35. The number of hydrogen-bond donors (Lipinski definition) is 1. The first-order valence-corrected chi connectivity index (χ1v) is 9.28. The molecular formula is C19H20N2O5S. The predicted octanol–water partition coefficient (Wildman–Crippen LogP) is 3.31. The van der Waals surface area contributed by atoms with Crippen molar-refractivity contribution >= 4 is 28.9 Å². The molecule has 0 saturated heterocycles. The molecule has 142 valence electrons. The third-order valence-electron chi connectivity index (χ3n) is 4.32. The van der Waals surface area contributed by atoms with Gasteiger partial charge in [-0.15, -0.1) is 11.3 Å². The number of amides is 1. The molecule has 0 bridgehead atoms. The summed E-state index contributed by atoms with van der Waals surface area (Å²) < 4.78 is 10.7.